The molecule has 1 N–H and O–H groups in total. The van der Waals surface area contributed by atoms with Crippen molar-refractivity contribution in [1.82, 2.24) is 19.7 Å². The molecule has 0 radical (unpaired) electrons. The molecule has 3 rings (SSSR count). The Bertz CT molecular complexity index is 791. The van der Waals surface area contributed by atoms with Crippen LogP contribution in [0.3, 0.4) is 0 Å². The molecule has 1 aliphatic rings. The number of carbonyl (C=O) groups is 1. The molecule has 25 heavy (non-hydrogen) atoms. The van der Waals surface area contributed by atoms with E-state index in [1.54, 1.807) is 10.9 Å². The number of aryl methyl sites for hydroxylation is 2. The van der Waals surface area contributed by atoms with Crippen LogP contribution in [-0.4, -0.2) is 52.8 Å². The maximum Gasteiger partial charge on any atom is 0.259 e. The predicted octanol–water partition coefficient (Wildman–Crippen LogP) is 1.75. The van der Waals surface area contributed by atoms with Gasteiger partial charge in [0.15, 0.2) is 5.82 Å². The van der Waals surface area contributed by atoms with Gasteiger partial charge in [0, 0.05) is 39.9 Å². The molecule has 0 bridgehead atoms. The third-order valence-corrected chi connectivity index (χ3v) is 4.55. The van der Waals surface area contributed by atoms with Crippen LogP contribution in [0.5, 0.6) is 0 Å². The van der Waals surface area contributed by atoms with Crippen molar-refractivity contribution in [2.75, 3.05) is 42.3 Å². The minimum atomic E-state index is -0.191. The second kappa shape index (κ2) is 6.70. The van der Waals surface area contributed by atoms with E-state index in [0.717, 1.165) is 18.8 Å². The lowest BCUT2D eigenvalue weighted by molar-refractivity contribution is 0.102. The minimum absolute atomic E-state index is 0.191. The smallest absolute Gasteiger partial charge is 0.259 e. The monoisotopic (exact) mass is 343 g/mol. The first-order valence-corrected chi connectivity index (χ1v) is 8.49. The molecule has 1 saturated heterocycles. The van der Waals surface area contributed by atoms with Crippen LogP contribution in [0.4, 0.5) is 17.5 Å². The lowest BCUT2D eigenvalue weighted by atomic mass is 10.2. The zero-order valence-corrected chi connectivity index (χ0v) is 15.5. The highest BCUT2D eigenvalue weighted by molar-refractivity contribution is 6.07. The number of hydrogen-bond acceptors (Lipinski definition) is 6. The number of nitrogens with one attached hydrogen (secondary N) is 1. The number of anilines is 3. The highest BCUT2D eigenvalue weighted by atomic mass is 16.1. The van der Waals surface area contributed by atoms with Gasteiger partial charge in [0.25, 0.3) is 5.91 Å². The van der Waals surface area contributed by atoms with Crippen molar-refractivity contribution in [2.45, 2.75) is 26.7 Å². The zero-order chi connectivity index (χ0) is 18.1. The second-order valence-electron chi connectivity index (χ2n) is 6.62. The molecule has 0 aromatic carbocycles. The van der Waals surface area contributed by atoms with Crippen molar-refractivity contribution < 1.29 is 4.79 Å². The summed E-state index contributed by atoms with van der Waals surface area (Å²) < 4.78 is 1.71. The Hall–Kier alpha value is -2.64. The number of nitrogens with zero attached hydrogens (tertiary/aromatic N) is 6. The summed E-state index contributed by atoms with van der Waals surface area (Å²) >= 11 is 0. The first-order valence-electron chi connectivity index (χ1n) is 8.49. The fourth-order valence-corrected chi connectivity index (χ4v) is 3.15. The number of amides is 1. The fraction of sp³-hybridized carbons (Fsp3) is 0.529. The van der Waals surface area contributed by atoms with Gasteiger partial charge < -0.3 is 15.1 Å². The molecule has 134 valence electrons. The maximum absolute atomic E-state index is 12.7. The SMILES string of the molecule is Cc1nn(C)c(C)c1C(=O)Nc1cnc(N2CCCC2)nc1N(C)C. The zero-order valence-electron chi connectivity index (χ0n) is 15.5. The van der Waals surface area contributed by atoms with Crippen LogP contribution in [0, 0.1) is 13.8 Å². The van der Waals surface area contributed by atoms with Crippen molar-refractivity contribution in [3.8, 4) is 0 Å². The number of carbonyl (C=O) groups excluding carboxylic acids is 1. The Morgan fingerprint density at radius 3 is 2.48 bits per heavy atom. The molecule has 0 atom stereocenters. The average molecular weight is 343 g/mol. The molecule has 1 aliphatic heterocycles. The van der Waals surface area contributed by atoms with Crippen LogP contribution >= 0.6 is 0 Å². The van der Waals surface area contributed by atoms with Crippen LogP contribution < -0.4 is 15.1 Å². The Morgan fingerprint density at radius 1 is 1.24 bits per heavy atom. The molecule has 2 aromatic heterocycles. The lowest BCUT2D eigenvalue weighted by Crippen LogP contribution is -2.24. The highest BCUT2D eigenvalue weighted by Crippen LogP contribution is 2.26. The Morgan fingerprint density at radius 2 is 1.92 bits per heavy atom. The normalized spacial score (nSPS) is 14.0. The van der Waals surface area contributed by atoms with E-state index in [2.05, 4.69) is 25.3 Å². The summed E-state index contributed by atoms with van der Waals surface area (Å²) in [5.41, 5.74) is 2.73. The van der Waals surface area contributed by atoms with Gasteiger partial charge in [0.05, 0.1) is 17.5 Å². The van der Waals surface area contributed by atoms with Gasteiger partial charge >= 0.3 is 0 Å². The summed E-state index contributed by atoms with van der Waals surface area (Å²) in [5, 5.41) is 7.25. The van der Waals surface area contributed by atoms with Gasteiger partial charge in [-0.15, -0.1) is 0 Å². The Labute approximate surface area is 147 Å². The van der Waals surface area contributed by atoms with Crippen molar-refractivity contribution in [3.63, 3.8) is 0 Å². The lowest BCUT2D eigenvalue weighted by Gasteiger charge is -2.21. The molecule has 8 heteroatoms. The van der Waals surface area contributed by atoms with Crippen molar-refractivity contribution in [1.29, 1.82) is 0 Å². The summed E-state index contributed by atoms with van der Waals surface area (Å²) in [6.07, 6.45) is 4.02. The molecule has 0 aliphatic carbocycles. The first-order chi connectivity index (χ1) is 11.9. The van der Waals surface area contributed by atoms with Gasteiger partial charge in [-0.05, 0) is 26.7 Å². The Kier molecular flexibility index (Phi) is 4.61. The topological polar surface area (TPSA) is 79.2 Å². The standard InChI is InChI=1S/C17H25N7O/c1-11-14(12(2)23(5)21-11)16(25)19-13-10-18-17(20-15(13)22(3)4)24-8-6-7-9-24/h10H,6-9H2,1-5H3,(H,19,25). The van der Waals surface area contributed by atoms with E-state index in [1.807, 2.05) is 39.9 Å². The van der Waals surface area contributed by atoms with Crippen LogP contribution in [0.15, 0.2) is 6.20 Å². The minimum Gasteiger partial charge on any atom is -0.361 e. The predicted molar refractivity (Wildman–Crippen MR) is 98.4 cm³/mol. The van der Waals surface area contributed by atoms with Crippen LogP contribution in [0.25, 0.3) is 0 Å². The van der Waals surface area contributed by atoms with Crippen LogP contribution in [-0.2, 0) is 7.05 Å². The molecule has 0 saturated carbocycles. The number of aromatic nitrogens is 4. The van der Waals surface area contributed by atoms with E-state index in [-0.39, 0.29) is 5.91 Å². The average Bonchev–Trinajstić information content (AvgIpc) is 3.16. The van der Waals surface area contributed by atoms with Crippen molar-refractivity contribution >= 4 is 23.4 Å². The van der Waals surface area contributed by atoms with Crippen LogP contribution in [0.2, 0.25) is 0 Å². The highest BCUT2D eigenvalue weighted by Gasteiger charge is 2.21. The van der Waals surface area contributed by atoms with E-state index in [0.29, 0.717) is 28.7 Å². The molecule has 2 aromatic rings. The first kappa shape index (κ1) is 17.2. The second-order valence-corrected chi connectivity index (χ2v) is 6.62. The summed E-state index contributed by atoms with van der Waals surface area (Å²) in [6, 6.07) is 0. The molecule has 0 unspecified atom stereocenters. The fourth-order valence-electron chi connectivity index (χ4n) is 3.15. The molecule has 0 spiro atoms. The quantitative estimate of drug-likeness (QED) is 0.911. The maximum atomic E-state index is 12.7. The molecule has 1 fully saturated rings. The summed E-state index contributed by atoms with van der Waals surface area (Å²) in [5.74, 6) is 1.22. The van der Waals surface area contributed by atoms with E-state index in [4.69, 9.17) is 0 Å². The third kappa shape index (κ3) is 3.29. The molecule has 3 heterocycles. The van der Waals surface area contributed by atoms with E-state index in [1.165, 1.54) is 12.8 Å². The molecular weight excluding hydrogens is 318 g/mol. The van der Waals surface area contributed by atoms with Gasteiger partial charge in [-0.3, -0.25) is 9.48 Å². The van der Waals surface area contributed by atoms with Gasteiger partial charge in [-0.25, -0.2) is 4.98 Å². The van der Waals surface area contributed by atoms with E-state index >= 15 is 0 Å². The molecule has 1 amide bonds. The van der Waals surface area contributed by atoms with E-state index in [9.17, 15) is 4.79 Å². The van der Waals surface area contributed by atoms with Crippen LogP contribution in [0.1, 0.15) is 34.6 Å². The van der Waals surface area contributed by atoms with Gasteiger partial charge in [0.1, 0.15) is 5.69 Å². The summed E-state index contributed by atoms with van der Waals surface area (Å²) in [6.45, 7) is 5.68. The summed E-state index contributed by atoms with van der Waals surface area (Å²) in [4.78, 5) is 25.9. The molecular formula is C17H25N7O. The van der Waals surface area contributed by atoms with Gasteiger partial charge in [-0.1, -0.05) is 0 Å². The van der Waals surface area contributed by atoms with Crippen molar-refractivity contribution in [3.05, 3.63) is 23.1 Å². The third-order valence-electron chi connectivity index (χ3n) is 4.55. The van der Waals surface area contributed by atoms with Gasteiger partial charge in [-0.2, -0.15) is 10.1 Å². The largest absolute Gasteiger partial charge is 0.361 e. The Balaban J connectivity index is 1.89. The number of rotatable bonds is 4. The van der Waals surface area contributed by atoms with Crippen molar-refractivity contribution in [2.24, 2.45) is 7.05 Å². The summed E-state index contributed by atoms with van der Waals surface area (Å²) in [7, 11) is 5.65. The van der Waals surface area contributed by atoms with E-state index < -0.39 is 0 Å². The van der Waals surface area contributed by atoms with Gasteiger partial charge in [0.2, 0.25) is 5.95 Å². The number of hydrogen-bond donors (Lipinski definition) is 1. The molecule has 8 nitrogen and oxygen atoms in total.